The highest BCUT2D eigenvalue weighted by Gasteiger charge is 2.39. The molecule has 0 bridgehead atoms. The highest BCUT2D eigenvalue weighted by molar-refractivity contribution is 7.89. The number of sulfonamides is 1. The van der Waals surface area contributed by atoms with Crippen LogP contribution >= 0.6 is 23.2 Å². The minimum atomic E-state index is -3.58. The Labute approximate surface area is 311 Å². The Balaban J connectivity index is 1.65. The average molecular weight is 776 g/mol. The number of anilines is 1. The van der Waals surface area contributed by atoms with Crippen molar-refractivity contribution in [3.63, 3.8) is 0 Å². The highest BCUT2D eigenvalue weighted by Crippen LogP contribution is 2.45. The van der Waals surface area contributed by atoms with Crippen LogP contribution in [0.15, 0.2) is 35.8 Å². The quantitative estimate of drug-likeness (QED) is 0.216. The van der Waals surface area contributed by atoms with E-state index in [2.05, 4.69) is 38.9 Å². The van der Waals surface area contributed by atoms with Crippen molar-refractivity contribution in [2.24, 2.45) is 0 Å². The number of hydrogen-bond donors (Lipinski definition) is 2. The number of rotatable bonds is 11. The fourth-order valence-electron chi connectivity index (χ4n) is 6.30. The van der Waals surface area contributed by atoms with E-state index < -0.39 is 33.6 Å². The fraction of sp³-hybridized carbons (Fsp3) is 0.441. The first-order valence-corrected chi connectivity index (χ1v) is 18.7. The third-order valence-corrected chi connectivity index (χ3v) is 11.8. The molecule has 2 fully saturated rings. The van der Waals surface area contributed by atoms with Crippen molar-refractivity contribution in [1.29, 1.82) is 0 Å². The first-order valence-electron chi connectivity index (χ1n) is 16.4. The van der Waals surface area contributed by atoms with Gasteiger partial charge in [0.15, 0.2) is 0 Å². The van der Waals surface area contributed by atoms with Crippen LogP contribution < -0.4 is 25.7 Å². The second-order valence-electron chi connectivity index (χ2n) is 12.3. The summed E-state index contributed by atoms with van der Waals surface area (Å²) < 4.78 is 39.3. The van der Waals surface area contributed by atoms with Gasteiger partial charge in [0.05, 0.1) is 47.7 Å². The van der Waals surface area contributed by atoms with Gasteiger partial charge in [0, 0.05) is 68.5 Å². The molecule has 2 aromatic heterocycles. The van der Waals surface area contributed by atoms with Crippen LogP contribution in [0.1, 0.15) is 13.8 Å². The molecule has 52 heavy (non-hydrogen) atoms. The van der Waals surface area contributed by atoms with E-state index in [1.165, 1.54) is 35.4 Å². The van der Waals surface area contributed by atoms with Crippen LogP contribution in [-0.2, 0) is 26.2 Å². The Kier molecular flexibility index (Phi) is 12.0. The van der Waals surface area contributed by atoms with Crippen LogP contribution in [0, 0.1) is 11.8 Å². The Morgan fingerprint density at radius 1 is 1.10 bits per heavy atom. The Bertz CT molecular complexity index is 2110. The largest absolute Gasteiger partial charge is 0.495 e. The zero-order valence-corrected chi connectivity index (χ0v) is 31.7. The molecular weight excluding hydrogens is 735 g/mol. The number of piperazine rings is 1. The van der Waals surface area contributed by atoms with Gasteiger partial charge in [-0.25, -0.2) is 13.4 Å². The van der Waals surface area contributed by atoms with Crippen molar-refractivity contribution < 1.29 is 27.5 Å². The Hall–Kier alpha value is -4.40. The number of pyridine rings is 1. The van der Waals surface area contributed by atoms with Crippen LogP contribution in [0.5, 0.6) is 11.5 Å². The lowest BCUT2D eigenvalue weighted by Gasteiger charge is -2.39. The first-order chi connectivity index (χ1) is 24.8. The standard InChI is InChI=1S/C34H40Cl2N8O7S/c1-7-10-28(46)42-12-11-41(4)21(16-42)17-44-32-20(13-22(33(44)47)29-30(35)25(50-5)14-26(51-6)31(29)36)15-37-34(40-32)39-24-19-43(52(48,49)9-3)18-23(24)38-27(45)8-2/h8,13-15,21,23-24H,2,9,11-12,16-19H2,1,3-6H3,(H,38,45)(H,37,39,40). The van der Waals surface area contributed by atoms with Gasteiger partial charge in [-0.3, -0.25) is 23.9 Å². The predicted octanol–water partition coefficient (Wildman–Crippen LogP) is 2.07. The molecule has 3 atom stereocenters. The molecule has 0 aliphatic carbocycles. The van der Waals surface area contributed by atoms with E-state index in [9.17, 15) is 22.8 Å². The van der Waals surface area contributed by atoms with Gasteiger partial charge in [-0.05, 0) is 39.0 Å². The number of likely N-dealkylation sites (N-methyl/N-ethyl adjacent to an activating group) is 1. The zero-order chi connectivity index (χ0) is 37.9. The third-order valence-electron chi connectivity index (χ3n) is 9.23. The molecule has 2 amide bonds. The summed E-state index contributed by atoms with van der Waals surface area (Å²) in [5, 5.41) is 6.62. The number of carbonyl (C=O) groups excluding carboxylic acids is 2. The number of aromatic nitrogens is 3. The van der Waals surface area contributed by atoms with E-state index in [1.54, 1.807) is 24.8 Å². The number of hydrogen-bond acceptors (Lipinski definition) is 11. The Morgan fingerprint density at radius 3 is 2.38 bits per heavy atom. The van der Waals surface area contributed by atoms with E-state index in [4.69, 9.17) is 37.7 Å². The van der Waals surface area contributed by atoms with Crippen LogP contribution in [0.25, 0.3) is 22.2 Å². The van der Waals surface area contributed by atoms with Crippen LogP contribution in [-0.4, -0.2) is 127 Å². The zero-order valence-electron chi connectivity index (χ0n) is 29.4. The number of halogens is 2. The minimum Gasteiger partial charge on any atom is -0.495 e. The van der Waals surface area contributed by atoms with E-state index in [1.807, 2.05) is 7.05 Å². The highest BCUT2D eigenvalue weighted by atomic mass is 35.5. The summed E-state index contributed by atoms with van der Waals surface area (Å²) in [5.41, 5.74) is 0.0916. The first kappa shape index (κ1) is 38.8. The molecule has 2 N–H and O–H groups in total. The van der Waals surface area contributed by atoms with Crippen LogP contribution in [0.3, 0.4) is 0 Å². The van der Waals surface area contributed by atoms with Crippen molar-refractivity contribution in [2.45, 2.75) is 38.5 Å². The van der Waals surface area contributed by atoms with Gasteiger partial charge in [-0.1, -0.05) is 35.7 Å². The molecule has 3 aromatic rings. The summed E-state index contributed by atoms with van der Waals surface area (Å²) in [6.07, 6.45) is 2.63. The van der Waals surface area contributed by atoms with E-state index >= 15 is 0 Å². The molecule has 5 rings (SSSR count). The second-order valence-corrected chi connectivity index (χ2v) is 15.3. The summed E-state index contributed by atoms with van der Waals surface area (Å²) in [5.74, 6) is 4.94. The molecule has 278 valence electrons. The van der Waals surface area contributed by atoms with Gasteiger partial charge in [0.25, 0.3) is 11.5 Å². The molecule has 4 heterocycles. The monoisotopic (exact) mass is 774 g/mol. The van der Waals surface area contributed by atoms with Crippen molar-refractivity contribution >= 4 is 62.0 Å². The number of nitrogens with zero attached hydrogens (tertiary/aromatic N) is 6. The summed E-state index contributed by atoms with van der Waals surface area (Å²) >= 11 is 13.6. The lowest BCUT2D eigenvalue weighted by molar-refractivity contribution is -0.127. The summed E-state index contributed by atoms with van der Waals surface area (Å²) in [6.45, 7) is 8.11. The predicted molar refractivity (Wildman–Crippen MR) is 199 cm³/mol. The summed E-state index contributed by atoms with van der Waals surface area (Å²) in [7, 11) is 1.19. The second kappa shape index (κ2) is 16.1. The molecule has 2 aliphatic rings. The summed E-state index contributed by atoms with van der Waals surface area (Å²) in [4.78, 5) is 52.7. The molecule has 15 nitrogen and oxygen atoms in total. The van der Waals surface area contributed by atoms with Gasteiger partial charge in [-0.15, -0.1) is 0 Å². The molecule has 2 saturated heterocycles. The maximum Gasteiger partial charge on any atom is 0.298 e. The topological polar surface area (TPSA) is 168 Å². The molecule has 2 aliphatic heterocycles. The van der Waals surface area contributed by atoms with Gasteiger partial charge >= 0.3 is 0 Å². The number of methoxy groups -OCH3 is 2. The molecule has 3 unspecified atom stereocenters. The van der Waals surface area contributed by atoms with E-state index in [0.717, 1.165) is 6.08 Å². The maximum absolute atomic E-state index is 14.7. The van der Waals surface area contributed by atoms with Crippen molar-refractivity contribution in [1.82, 2.24) is 34.0 Å². The van der Waals surface area contributed by atoms with Crippen molar-refractivity contribution in [2.75, 3.05) is 65.1 Å². The SMILES string of the molecule is C=CC(=O)NC1CN(S(=O)(=O)CC)CC1Nc1ncc2cc(-c3c(Cl)c(OC)cc(OC)c3Cl)c(=O)n(CC3CN(C(=O)C#CC)CCN3C)c2n1. The molecular formula is C34H40Cl2N8O7S. The van der Waals surface area contributed by atoms with E-state index in [0.29, 0.717) is 25.0 Å². The van der Waals surface area contributed by atoms with Crippen molar-refractivity contribution in [3.05, 3.63) is 51.4 Å². The van der Waals surface area contributed by atoms with Gasteiger partial charge in [0.2, 0.25) is 21.9 Å². The van der Waals surface area contributed by atoms with Crippen LogP contribution in [0.2, 0.25) is 10.0 Å². The van der Waals surface area contributed by atoms with Crippen molar-refractivity contribution in [3.8, 4) is 34.5 Å². The number of nitrogens with one attached hydrogen (secondary N) is 2. The maximum atomic E-state index is 14.7. The number of ether oxygens (including phenoxy) is 2. The average Bonchev–Trinajstić information content (AvgIpc) is 3.53. The van der Waals surface area contributed by atoms with E-state index in [-0.39, 0.29) is 81.6 Å². The number of amides is 2. The van der Waals surface area contributed by atoms with Crippen LogP contribution in [0.4, 0.5) is 5.95 Å². The number of fused-ring (bicyclic) bond motifs is 1. The Morgan fingerprint density at radius 2 is 1.77 bits per heavy atom. The molecule has 0 spiro atoms. The lowest BCUT2D eigenvalue weighted by atomic mass is 10.0. The third kappa shape index (κ3) is 7.83. The van der Waals surface area contributed by atoms with Gasteiger partial charge in [-0.2, -0.15) is 9.29 Å². The molecule has 18 heteroatoms. The molecule has 0 radical (unpaired) electrons. The van der Waals surface area contributed by atoms with Gasteiger partial charge < -0.3 is 25.0 Å². The number of carbonyl (C=O) groups is 2. The van der Waals surface area contributed by atoms with Gasteiger partial charge in [0.1, 0.15) is 17.1 Å². The number of benzene rings is 1. The normalized spacial score (nSPS) is 19.5. The fourth-order valence-corrected chi connectivity index (χ4v) is 8.15. The molecule has 0 saturated carbocycles. The molecule has 1 aromatic carbocycles. The summed E-state index contributed by atoms with van der Waals surface area (Å²) in [6, 6.07) is 1.53. The lowest BCUT2D eigenvalue weighted by Crippen LogP contribution is -2.55. The smallest absolute Gasteiger partial charge is 0.298 e. The minimum absolute atomic E-state index is 0.0340.